The highest BCUT2D eigenvalue weighted by atomic mass is 16.5. The number of nitrogens with zero attached hydrogens (tertiary/aromatic N) is 4. The molecule has 7 heteroatoms. The molecule has 2 N–H and O–H groups in total. The van der Waals surface area contributed by atoms with Crippen LogP contribution in [0.3, 0.4) is 0 Å². The van der Waals surface area contributed by atoms with Gasteiger partial charge in [-0.1, -0.05) is 0 Å². The number of ether oxygens (including phenoxy) is 1. The molecule has 1 aromatic heterocycles. The van der Waals surface area contributed by atoms with Gasteiger partial charge in [0.05, 0.1) is 19.5 Å². The van der Waals surface area contributed by atoms with Crippen LogP contribution in [-0.2, 0) is 0 Å². The SMILES string of the molecule is COc1ccc(N2C=C(Nc3cc(C4CC4)[nH]n3)[N+]3C=CN=C3C2)cc1. The van der Waals surface area contributed by atoms with Gasteiger partial charge in [-0.3, -0.25) is 10.4 Å². The lowest BCUT2D eigenvalue weighted by Crippen LogP contribution is -2.45. The van der Waals surface area contributed by atoms with E-state index in [4.69, 9.17) is 4.74 Å². The molecule has 26 heavy (non-hydrogen) atoms. The summed E-state index contributed by atoms with van der Waals surface area (Å²) >= 11 is 0. The number of benzene rings is 1. The van der Waals surface area contributed by atoms with Gasteiger partial charge in [0.25, 0.3) is 11.7 Å². The van der Waals surface area contributed by atoms with Crippen molar-refractivity contribution in [3.05, 3.63) is 60.4 Å². The average Bonchev–Trinajstić information content (AvgIpc) is 3.23. The monoisotopic (exact) mass is 348 g/mol. The first kappa shape index (κ1) is 15.2. The van der Waals surface area contributed by atoms with Gasteiger partial charge < -0.3 is 9.64 Å². The van der Waals surface area contributed by atoms with Crippen molar-refractivity contribution in [1.29, 1.82) is 0 Å². The smallest absolute Gasteiger partial charge is 0.284 e. The number of hydrogen-bond acceptors (Lipinski definition) is 6. The van der Waals surface area contributed by atoms with Gasteiger partial charge >= 0.3 is 0 Å². The predicted octanol–water partition coefficient (Wildman–Crippen LogP) is 3.05. The third-order valence-electron chi connectivity index (χ3n) is 4.84. The molecule has 7 nitrogen and oxygen atoms in total. The summed E-state index contributed by atoms with van der Waals surface area (Å²) in [7, 11) is 1.68. The Kier molecular flexibility index (Phi) is 3.53. The van der Waals surface area contributed by atoms with Crippen molar-refractivity contribution >= 4 is 17.3 Å². The van der Waals surface area contributed by atoms with Crippen LogP contribution in [0, 0.1) is 0 Å². The number of anilines is 2. The van der Waals surface area contributed by atoms with Crippen LogP contribution in [0.4, 0.5) is 11.5 Å². The number of amidine groups is 1. The van der Waals surface area contributed by atoms with E-state index >= 15 is 0 Å². The summed E-state index contributed by atoms with van der Waals surface area (Å²) in [5.41, 5.74) is 2.29. The number of aliphatic imine (C=N–C) groups is 1. The molecule has 0 amide bonds. The summed E-state index contributed by atoms with van der Waals surface area (Å²) in [5.74, 6) is 4.23. The summed E-state index contributed by atoms with van der Waals surface area (Å²) in [6.07, 6.45) is 8.38. The molecule has 0 unspecified atom stereocenters. The minimum absolute atomic E-state index is 0.651. The minimum atomic E-state index is 0.651. The fraction of sp³-hybridized carbons (Fsp3) is 0.263. The minimum Gasteiger partial charge on any atom is -0.497 e. The van der Waals surface area contributed by atoms with Gasteiger partial charge in [0.2, 0.25) is 0 Å². The van der Waals surface area contributed by atoms with E-state index in [0.717, 1.165) is 28.9 Å². The molecule has 0 saturated heterocycles. The molecule has 0 atom stereocenters. The second kappa shape index (κ2) is 6.03. The molecule has 131 valence electrons. The first-order valence-electron chi connectivity index (χ1n) is 8.77. The van der Waals surface area contributed by atoms with E-state index in [0.29, 0.717) is 12.5 Å². The highest BCUT2D eigenvalue weighted by Gasteiger charge is 2.37. The van der Waals surface area contributed by atoms with Crippen molar-refractivity contribution in [1.82, 2.24) is 15.1 Å². The van der Waals surface area contributed by atoms with Gasteiger partial charge in [-0.2, -0.15) is 10.1 Å². The van der Waals surface area contributed by atoms with Crippen molar-refractivity contribution in [3.8, 4) is 5.75 Å². The number of fused-ring (bicyclic) bond motifs is 1. The molecule has 0 spiro atoms. The number of H-pyrrole nitrogens is 1. The maximum atomic E-state index is 5.25. The van der Waals surface area contributed by atoms with Crippen molar-refractivity contribution in [2.45, 2.75) is 18.8 Å². The molecule has 5 rings (SSSR count). The zero-order valence-electron chi connectivity index (χ0n) is 14.5. The molecule has 1 aliphatic carbocycles. The molecular weight excluding hydrogens is 328 g/mol. The third kappa shape index (κ3) is 2.76. The standard InChI is InChI=1S/C19H20N6O/c1-26-15-6-4-14(5-7-15)24-11-18-20-8-9-25(18)19(12-24)21-17-10-16(22-23-17)13-2-3-13/h4-10,12-13H,2-3,11H2,1H3,(H2,21,22,23)/q+1. The number of methoxy groups -OCH3 is 1. The lowest BCUT2D eigenvalue weighted by Gasteiger charge is -2.25. The van der Waals surface area contributed by atoms with Crippen LogP contribution in [0.15, 0.2) is 59.7 Å². The summed E-state index contributed by atoms with van der Waals surface area (Å²) < 4.78 is 5.25. The summed E-state index contributed by atoms with van der Waals surface area (Å²) in [4.78, 5) is 8.72. The normalized spacial score (nSPS) is 19.2. The van der Waals surface area contributed by atoms with Crippen molar-refractivity contribution in [2.75, 3.05) is 23.9 Å². The second-order valence-corrected chi connectivity index (χ2v) is 6.66. The number of hydrogen-bond donors (Lipinski definition) is 2. The van der Waals surface area contributed by atoms with Crippen LogP contribution in [0.2, 0.25) is 0 Å². The summed E-state index contributed by atoms with van der Waals surface area (Å²) in [5, 5.41) is 11.0. The number of aromatic amines is 1. The molecule has 3 aliphatic rings. The maximum absolute atomic E-state index is 5.25. The molecule has 2 aliphatic heterocycles. The van der Waals surface area contributed by atoms with Gasteiger partial charge in [-0.15, -0.1) is 0 Å². The Morgan fingerprint density at radius 2 is 2.12 bits per heavy atom. The lowest BCUT2D eigenvalue weighted by molar-refractivity contribution is 0.415. The molecule has 0 bridgehead atoms. The Morgan fingerprint density at radius 1 is 1.27 bits per heavy atom. The van der Waals surface area contributed by atoms with E-state index in [2.05, 4.69) is 42.6 Å². The first-order chi connectivity index (χ1) is 12.8. The van der Waals surface area contributed by atoms with E-state index in [1.165, 1.54) is 18.5 Å². The van der Waals surface area contributed by atoms with Gasteiger partial charge in [0.15, 0.2) is 12.0 Å². The quantitative estimate of drug-likeness (QED) is 0.815. The van der Waals surface area contributed by atoms with Crippen LogP contribution < -0.4 is 19.9 Å². The highest BCUT2D eigenvalue weighted by Crippen LogP contribution is 2.39. The van der Waals surface area contributed by atoms with Crippen molar-refractivity contribution in [3.63, 3.8) is 0 Å². The van der Waals surface area contributed by atoms with E-state index in [-0.39, 0.29) is 0 Å². The Morgan fingerprint density at radius 3 is 2.88 bits per heavy atom. The molecule has 1 radical (unpaired) electrons. The summed E-state index contributed by atoms with van der Waals surface area (Å²) in [6.45, 7) is 0.707. The fourth-order valence-corrected chi connectivity index (χ4v) is 3.25. The first-order valence-corrected chi connectivity index (χ1v) is 8.77. The lowest BCUT2D eigenvalue weighted by atomic mass is 10.2. The van der Waals surface area contributed by atoms with Crippen LogP contribution in [0.25, 0.3) is 0 Å². The van der Waals surface area contributed by atoms with Gasteiger partial charge in [0.1, 0.15) is 12.3 Å². The molecule has 1 fully saturated rings. The summed E-state index contributed by atoms with van der Waals surface area (Å²) in [6, 6.07) is 10.1. The molecule has 1 saturated carbocycles. The zero-order chi connectivity index (χ0) is 17.5. The number of aromatic nitrogens is 2. The zero-order valence-corrected chi connectivity index (χ0v) is 14.5. The van der Waals surface area contributed by atoms with Crippen LogP contribution in [0.1, 0.15) is 24.5 Å². The van der Waals surface area contributed by atoms with E-state index < -0.39 is 0 Å². The molecule has 1 aromatic carbocycles. The second-order valence-electron chi connectivity index (χ2n) is 6.66. The molecule has 3 heterocycles. The average molecular weight is 348 g/mol. The van der Waals surface area contributed by atoms with Gasteiger partial charge in [-0.05, 0) is 42.0 Å². The van der Waals surface area contributed by atoms with Crippen LogP contribution in [-0.4, -0.2) is 29.7 Å². The van der Waals surface area contributed by atoms with E-state index in [1.54, 1.807) is 7.11 Å². The Bertz CT molecular complexity index is 906. The Balaban J connectivity index is 1.43. The third-order valence-corrected chi connectivity index (χ3v) is 4.84. The van der Waals surface area contributed by atoms with Crippen molar-refractivity contribution < 1.29 is 4.74 Å². The Labute approximate surface area is 151 Å². The fourth-order valence-electron chi connectivity index (χ4n) is 3.25. The molecular formula is C19H20N6O+. The van der Waals surface area contributed by atoms with Crippen LogP contribution >= 0.6 is 0 Å². The van der Waals surface area contributed by atoms with Gasteiger partial charge in [-0.25, -0.2) is 0 Å². The van der Waals surface area contributed by atoms with E-state index in [1.807, 2.05) is 36.7 Å². The van der Waals surface area contributed by atoms with E-state index in [9.17, 15) is 0 Å². The van der Waals surface area contributed by atoms with Crippen LogP contribution in [0.5, 0.6) is 5.75 Å². The molecule has 2 aromatic rings. The van der Waals surface area contributed by atoms with Crippen molar-refractivity contribution in [2.24, 2.45) is 4.99 Å². The maximum Gasteiger partial charge on any atom is 0.284 e. The largest absolute Gasteiger partial charge is 0.497 e. The highest BCUT2D eigenvalue weighted by molar-refractivity contribution is 5.96. The number of nitrogens with one attached hydrogen (secondary N) is 2. The predicted molar refractivity (Wildman–Crippen MR) is 101 cm³/mol. The Hall–Kier alpha value is -3.06. The topological polar surface area (TPSA) is 71.4 Å². The van der Waals surface area contributed by atoms with Gasteiger partial charge in [0, 0.05) is 23.4 Å². The number of rotatable bonds is 5.